The van der Waals surface area contributed by atoms with Gasteiger partial charge in [0.15, 0.2) is 0 Å². The first kappa shape index (κ1) is 17.8. The summed E-state index contributed by atoms with van der Waals surface area (Å²) in [5.74, 6) is 0.709. The molecule has 146 valence electrons. The van der Waals surface area contributed by atoms with Crippen LogP contribution in [0.2, 0.25) is 0 Å². The van der Waals surface area contributed by atoms with Crippen LogP contribution in [0.15, 0.2) is 54.9 Å². The summed E-state index contributed by atoms with van der Waals surface area (Å²) in [6, 6.07) is 13.8. The molecule has 0 amide bonds. The molecule has 0 unspecified atom stereocenters. The van der Waals surface area contributed by atoms with Crippen LogP contribution in [0.1, 0.15) is 18.5 Å². The van der Waals surface area contributed by atoms with E-state index in [9.17, 15) is 4.39 Å². The topological polar surface area (TPSA) is 52.8 Å². The fourth-order valence-corrected chi connectivity index (χ4v) is 3.98. The summed E-state index contributed by atoms with van der Waals surface area (Å²) in [6.07, 6.45) is 6.12. The Morgan fingerprint density at radius 3 is 2.90 bits per heavy atom. The second-order valence-electron chi connectivity index (χ2n) is 7.14. The van der Waals surface area contributed by atoms with Gasteiger partial charge in [-0.2, -0.15) is 5.10 Å². The number of alkyl halides is 1. The van der Waals surface area contributed by atoms with Gasteiger partial charge in [0.1, 0.15) is 11.4 Å². The van der Waals surface area contributed by atoms with Crippen molar-refractivity contribution in [3.05, 3.63) is 60.6 Å². The number of hydrogen-bond acceptors (Lipinski definition) is 4. The van der Waals surface area contributed by atoms with E-state index >= 15 is 0 Å². The zero-order chi connectivity index (χ0) is 19.6. The average molecular weight is 388 g/mol. The Bertz CT molecular complexity index is 1160. The first-order valence-electron chi connectivity index (χ1n) is 9.94. The number of aromatic nitrogens is 4. The van der Waals surface area contributed by atoms with Crippen LogP contribution in [-0.2, 0) is 13.0 Å². The van der Waals surface area contributed by atoms with Gasteiger partial charge in [-0.05, 0) is 48.7 Å². The molecule has 0 N–H and O–H groups in total. The fraction of sp³-hybridized carbons (Fsp3) is 0.261. The quantitative estimate of drug-likeness (QED) is 0.443. The molecule has 1 aliphatic rings. The minimum atomic E-state index is -0.376. The SMILES string of the molecule is FCCCOc1ccc2c(-c3c(-c4ccccn4)nn4c3CCC4)ccnc2c1. The molecule has 3 aromatic heterocycles. The van der Waals surface area contributed by atoms with E-state index in [2.05, 4.69) is 20.7 Å². The molecule has 0 bridgehead atoms. The highest BCUT2D eigenvalue weighted by Gasteiger charge is 2.25. The van der Waals surface area contributed by atoms with E-state index in [1.807, 2.05) is 42.6 Å². The lowest BCUT2D eigenvalue weighted by molar-refractivity contribution is 0.290. The van der Waals surface area contributed by atoms with Crippen molar-refractivity contribution in [2.24, 2.45) is 0 Å². The van der Waals surface area contributed by atoms with E-state index in [1.165, 1.54) is 5.69 Å². The second-order valence-corrected chi connectivity index (χ2v) is 7.14. The summed E-state index contributed by atoms with van der Waals surface area (Å²) < 4.78 is 20.1. The smallest absolute Gasteiger partial charge is 0.121 e. The van der Waals surface area contributed by atoms with Crippen LogP contribution < -0.4 is 4.74 Å². The van der Waals surface area contributed by atoms with Crippen molar-refractivity contribution in [3.63, 3.8) is 0 Å². The standard InChI is InChI=1S/C23H21FN4O/c24-10-4-14-29-16-7-8-17-18(9-12-26-20(17)15-16)22-21-6-3-13-28(21)27-23(22)19-5-1-2-11-25-19/h1-2,5,7-9,11-12,15H,3-4,6,10,13-14H2. The first-order valence-corrected chi connectivity index (χ1v) is 9.94. The highest BCUT2D eigenvalue weighted by molar-refractivity contribution is 5.99. The third kappa shape index (κ3) is 3.24. The van der Waals surface area contributed by atoms with Crippen molar-refractivity contribution in [2.75, 3.05) is 13.3 Å². The molecule has 4 heterocycles. The Kier molecular flexibility index (Phi) is 4.68. The molecule has 0 saturated carbocycles. The predicted octanol–water partition coefficient (Wildman–Crippen LogP) is 4.84. The molecule has 0 radical (unpaired) electrons. The summed E-state index contributed by atoms with van der Waals surface area (Å²) in [6.45, 7) is 0.923. The van der Waals surface area contributed by atoms with Crippen molar-refractivity contribution in [1.29, 1.82) is 0 Å². The number of nitrogens with zero attached hydrogens (tertiary/aromatic N) is 4. The Morgan fingerprint density at radius 1 is 1.07 bits per heavy atom. The summed E-state index contributed by atoms with van der Waals surface area (Å²) in [5.41, 5.74) is 6.14. The van der Waals surface area contributed by atoms with E-state index in [0.29, 0.717) is 18.8 Å². The summed E-state index contributed by atoms with van der Waals surface area (Å²) in [4.78, 5) is 9.08. The molecule has 1 aromatic carbocycles. The maximum absolute atomic E-state index is 12.3. The molecular weight excluding hydrogens is 367 g/mol. The van der Waals surface area contributed by atoms with Crippen molar-refractivity contribution in [1.82, 2.24) is 19.7 Å². The maximum Gasteiger partial charge on any atom is 0.121 e. The number of hydrogen-bond donors (Lipinski definition) is 0. The summed E-state index contributed by atoms with van der Waals surface area (Å²) >= 11 is 0. The van der Waals surface area contributed by atoms with Crippen molar-refractivity contribution in [3.8, 4) is 28.3 Å². The first-order chi connectivity index (χ1) is 14.3. The van der Waals surface area contributed by atoms with Gasteiger partial charge in [0.25, 0.3) is 0 Å². The van der Waals surface area contributed by atoms with Gasteiger partial charge in [-0.15, -0.1) is 0 Å². The molecule has 0 spiro atoms. The second kappa shape index (κ2) is 7.62. The molecule has 29 heavy (non-hydrogen) atoms. The van der Waals surface area contributed by atoms with Gasteiger partial charge in [0, 0.05) is 48.1 Å². The molecule has 1 aliphatic heterocycles. The molecule has 0 atom stereocenters. The summed E-state index contributed by atoms with van der Waals surface area (Å²) in [7, 11) is 0. The van der Waals surface area contributed by atoms with Gasteiger partial charge in [0.2, 0.25) is 0 Å². The highest BCUT2D eigenvalue weighted by Crippen LogP contribution is 2.40. The molecule has 0 fully saturated rings. The number of fused-ring (bicyclic) bond motifs is 2. The monoisotopic (exact) mass is 388 g/mol. The molecule has 0 saturated heterocycles. The Morgan fingerprint density at radius 2 is 2.03 bits per heavy atom. The zero-order valence-electron chi connectivity index (χ0n) is 16.0. The van der Waals surface area contributed by atoms with Crippen LogP contribution in [-0.4, -0.2) is 33.0 Å². The van der Waals surface area contributed by atoms with Crippen molar-refractivity contribution >= 4 is 10.9 Å². The molecular formula is C23H21FN4O. The van der Waals surface area contributed by atoms with Crippen LogP contribution in [0.25, 0.3) is 33.4 Å². The number of rotatable bonds is 6. The lowest BCUT2D eigenvalue weighted by Crippen LogP contribution is -1.98. The normalized spacial score (nSPS) is 13.0. The van der Waals surface area contributed by atoms with Crippen LogP contribution in [0.5, 0.6) is 5.75 Å². The highest BCUT2D eigenvalue weighted by atomic mass is 19.1. The largest absolute Gasteiger partial charge is 0.493 e. The maximum atomic E-state index is 12.3. The van der Waals surface area contributed by atoms with Crippen molar-refractivity contribution < 1.29 is 9.13 Å². The number of halogens is 1. The van der Waals surface area contributed by atoms with Gasteiger partial charge in [-0.1, -0.05) is 6.07 Å². The number of pyridine rings is 2. The number of benzene rings is 1. The number of ether oxygens (including phenoxy) is 1. The Hall–Kier alpha value is -3.28. The molecule has 5 nitrogen and oxygen atoms in total. The van der Waals surface area contributed by atoms with Crippen LogP contribution >= 0.6 is 0 Å². The van der Waals surface area contributed by atoms with E-state index < -0.39 is 0 Å². The lowest BCUT2D eigenvalue weighted by atomic mass is 9.96. The fourth-order valence-electron chi connectivity index (χ4n) is 3.98. The Labute approximate surface area is 168 Å². The minimum absolute atomic E-state index is 0.364. The van der Waals surface area contributed by atoms with E-state index in [1.54, 1.807) is 6.20 Å². The lowest BCUT2D eigenvalue weighted by Gasteiger charge is -2.10. The van der Waals surface area contributed by atoms with E-state index in [0.717, 1.165) is 52.8 Å². The van der Waals surface area contributed by atoms with Gasteiger partial charge >= 0.3 is 0 Å². The van der Waals surface area contributed by atoms with E-state index in [4.69, 9.17) is 9.84 Å². The van der Waals surface area contributed by atoms with E-state index in [-0.39, 0.29) is 6.67 Å². The van der Waals surface area contributed by atoms with Crippen LogP contribution in [0.3, 0.4) is 0 Å². The third-order valence-electron chi connectivity index (χ3n) is 5.28. The Balaban J connectivity index is 1.64. The van der Waals surface area contributed by atoms with Crippen molar-refractivity contribution in [2.45, 2.75) is 25.8 Å². The molecule has 6 heteroatoms. The van der Waals surface area contributed by atoms with Gasteiger partial charge in [-0.25, -0.2) is 0 Å². The van der Waals surface area contributed by atoms with Gasteiger partial charge in [0.05, 0.1) is 24.5 Å². The summed E-state index contributed by atoms with van der Waals surface area (Å²) in [5, 5.41) is 5.93. The zero-order valence-corrected chi connectivity index (χ0v) is 16.0. The van der Waals surface area contributed by atoms with Gasteiger partial charge < -0.3 is 4.74 Å². The third-order valence-corrected chi connectivity index (χ3v) is 5.28. The minimum Gasteiger partial charge on any atom is -0.493 e. The number of aryl methyl sites for hydroxylation is 1. The van der Waals surface area contributed by atoms with Gasteiger partial charge in [-0.3, -0.25) is 19.0 Å². The van der Waals surface area contributed by atoms with Crippen LogP contribution in [0, 0.1) is 0 Å². The molecule has 5 rings (SSSR count). The molecule has 0 aliphatic carbocycles. The molecule has 4 aromatic rings. The van der Waals surface area contributed by atoms with Crippen LogP contribution in [0.4, 0.5) is 4.39 Å². The average Bonchev–Trinajstić information content (AvgIpc) is 3.35. The predicted molar refractivity (Wildman–Crippen MR) is 111 cm³/mol.